The van der Waals surface area contributed by atoms with Crippen LogP contribution in [0.4, 0.5) is 0 Å². The van der Waals surface area contributed by atoms with Gasteiger partial charge in [-0.25, -0.2) is 0 Å². The minimum absolute atomic E-state index is 0.108. The summed E-state index contributed by atoms with van der Waals surface area (Å²) in [5, 5.41) is 0. The molecule has 18 heavy (non-hydrogen) atoms. The number of benzene rings is 1. The number of ether oxygens (including phenoxy) is 1. The van der Waals surface area contributed by atoms with Crippen molar-refractivity contribution in [1.29, 1.82) is 0 Å². The highest BCUT2D eigenvalue weighted by atomic mass is 16.6. The fraction of sp³-hybridized carbons (Fsp3) is 0.562. The van der Waals surface area contributed by atoms with Crippen molar-refractivity contribution in [3.8, 4) is 0 Å². The lowest BCUT2D eigenvalue weighted by atomic mass is 9.62. The number of Topliss-reactive ketones (excluding diaryl/α,β-unsaturated/α-hetero) is 1. The van der Waals surface area contributed by atoms with Crippen molar-refractivity contribution in [1.82, 2.24) is 0 Å². The summed E-state index contributed by atoms with van der Waals surface area (Å²) in [5.74, 6) is 0.771. The molecule has 4 rings (SSSR count). The second kappa shape index (κ2) is 3.24. The normalized spacial score (nSPS) is 45.5. The Balaban J connectivity index is 1.81. The number of carbonyl (C=O) groups is 1. The molecule has 1 heterocycles. The maximum absolute atomic E-state index is 12.5. The molecule has 2 heteroatoms. The van der Waals surface area contributed by atoms with Gasteiger partial charge in [0.15, 0.2) is 0 Å². The zero-order valence-electron chi connectivity index (χ0n) is 10.7. The van der Waals surface area contributed by atoms with Gasteiger partial charge in [0.1, 0.15) is 11.4 Å². The van der Waals surface area contributed by atoms with Crippen LogP contribution in [0.2, 0.25) is 0 Å². The van der Waals surface area contributed by atoms with Crippen LogP contribution in [0.5, 0.6) is 0 Å². The van der Waals surface area contributed by atoms with Gasteiger partial charge in [-0.1, -0.05) is 30.3 Å². The third-order valence-electron chi connectivity index (χ3n) is 5.57. The largest absolute Gasteiger partial charge is 0.365 e. The molecule has 0 amide bonds. The van der Waals surface area contributed by atoms with Crippen LogP contribution < -0.4 is 0 Å². The van der Waals surface area contributed by atoms with Crippen molar-refractivity contribution in [3.05, 3.63) is 35.9 Å². The number of ketones is 1. The van der Waals surface area contributed by atoms with Crippen molar-refractivity contribution in [3.63, 3.8) is 0 Å². The molecule has 4 atom stereocenters. The van der Waals surface area contributed by atoms with Gasteiger partial charge in [0.25, 0.3) is 0 Å². The van der Waals surface area contributed by atoms with E-state index in [0.29, 0.717) is 17.8 Å². The molecule has 0 N–H and O–H groups in total. The number of hydrogen-bond donors (Lipinski definition) is 0. The average molecular weight is 242 g/mol. The third kappa shape index (κ3) is 1.06. The lowest BCUT2D eigenvalue weighted by molar-refractivity contribution is -0.136. The monoisotopic (exact) mass is 242 g/mol. The van der Waals surface area contributed by atoms with E-state index in [4.69, 9.17) is 4.74 Å². The highest BCUT2D eigenvalue weighted by Gasteiger charge is 2.77. The Morgan fingerprint density at radius 1 is 1.28 bits per heavy atom. The van der Waals surface area contributed by atoms with Gasteiger partial charge in [0.05, 0.1) is 11.5 Å². The molecule has 0 radical (unpaired) electrons. The molecule has 2 aliphatic carbocycles. The van der Waals surface area contributed by atoms with Crippen molar-refractivity contribution in [2.45, 2.75) is 50.2 Å². The Hall–Kier alpha value is -1.15. The van der Waals surface area contributed by atoms with E-state index in [2.05, 4.69) is 31.2 Å². The predicted molar refractivity (Wildman–Crippen MR) is 68.4 cm³/mol. The van der Waals surface area contributed by atoms with Crippen LogP contribution in [0, 0.1) is 5.41 Å². The Bertz CT molecular complexity index is 509. The molecule has 2 saturated carbocycles. The molecule has 0 unspecified atom stereocenters. The number of rotatable bonds is 1. The van der Waals surface area contributed by atoms with Gasteiger partial charge in [0, 0.05) is 12.3 Å². The van der Waals surface area contributed by atoms with Crippen LogP contribution in [-0.2, 0) is 9.53 Å². The summed E-state index contributed by atoms with van der Waals surface area (Å²) in [6.45, 7) is 2.15. The van der Waals surface area contributed by atoms with Gasteiger partial charge in [-0.3, -0.25) is 4.79 Å². The quantitative estimate of drug-likeness (QED) is 0.708. The van der Waals surface area contributed by atoms with Crippen LogP contribution in [-0.4, -0.2) is 17.5 Å². The molecule has 94 valence electrons. The summed E-state index contributed by atoms with van der Waals surface area (Å²) in [7, 11) is 0. The second-order valence-corrected chi connectivity index (χ2v) is 6.17. The van der Waals surface area contributed by atoms with Gasteiger partial charge in [0.2, 0.25) is 0 Å². The molecule has 2 nitrogen and oxygen atoms in total. The molecule has 0 bridgehead atoms. The Kier molecular flexibility index (Phi) is 1.93. The van der Waals surface area contributed by atoms with E-state index < -0.39 is 0 Å². The first-order valence-corrected chi connectivity index (χ1v) is 6.94. The highest BCUT2D eigenvalue weighted by molar-refractivity contribution is 5.89. The molecule has 1 saturated heterocycles. The molecule has 1 spiro atoms. The van der Waals surface area contributed by atoms with Gasteiger partial charge in [-0.2, -0.15) is 0 Å². The zero-order chi connectivity index (χ0) is 12.4. The third-order valence-corrected chi connectivity index (χ3v) is 5.57. The van der Waals surface area contributed by atoms with Crippen molar-refractivity contribution < 1.29 is 9.53 Å². The number of hydrogen-bond acceptors (Lipinski definition) is 2. The summed E-state index contributed by atoms with van der Waals surface area (Å²) >= 11 is 0. The van der Waals surface area contributed by atoms with E-state index in [9.17, 15) is 4.79 Å². The van der Waals surface area contributed by atoms with Crippen molar-refractivity contribution >= 4 is 5.78 Å². The maximum Gasteiger partial charge on any atom is 0.142 e. The molecule has 1 aliphatic heterocycles. The van der Waals surface area contributed by atoms with E-state index in [1.165, 1.54) is 5.56 Å². The molecule has 3 fully saturated rings. The summed E-state index contributed by atoms with van der Waals surface area (Å²) < 4.78 is 5.95. The van der Waals surface area contributed by atoms with Gasteiger partial charge in [-0.15, -0.1) is 0 Å². The maximum atomic E-state index is 12.5. The molecular formula is C16H18O2. The highest BCUT2D eigenvalue weighted by Crippen LogP contribution is 2.70. The average Bonchev–Trinajstić information content (AvgIpc) is 3.02. The van der Waals surface area contributed by atoms with E-state index in [1.54, 1.807) is 0 Å². The Morgan fingerprint density at radius 2 is 2.06 bits per heavy atom. The fourth-order valence-corrected chi connectivity index (χ4v) is 4.50. The van der Waals surface area contributed by atoms with Crippen molar-refractivity contribution in [2.75, 3.05) is 0 Å². The van der Waals surface area contributed by atoms with Gasteiger partial charge in [-0.05, 0) is 31.7 Å². The number of epoxide rings is 1. The lowest BCUT2D eigenvalue weighted by Gasteiger charge is -2.40. The van der Waals surface area contributed by atoms with E-state index in [0.717, 1.165) is 25.7 Å². The standard InChI is InChI=1S/C16H18O2/c1-15-12(11-6-3-2-4-7-11)10-14-16(15,18-14)9-5-8-13(15)17/h2-4,6-7,12,14H,5,8-10H2,1H3/t12-,14+,15+,16+/m1/s1. The van der Waals surface area contributed by atoms with Gasteiger partial charge >= 0.3 is 0 Å². The van der Waals surface area contributed by atoms with Crippen LogP contribution in [0.3, 0.4) is 0 Å². The first-order valence-electron chi connectivity index (χ1n) is 6.94. The minimum atomic E-state index is -0.280. The second-order valence-electron chi connectivity index (χ2n) is 6.17. The Morgan fingerprint density at radius 3 is 2.83 bits per heavy atom. The topological polar surface area (TPSA) is 29.6 Å². The Labute approximate surface area is 107 Å². The van der Waals surface area contributed by atoms with Crippen LogP contribution in [0.1, 0.15) is 44.1 Å². The summed E-state index contributed by atoms with van der Waals surface area (Å²) in [4.78, 5) is 12.5. The van der Waals surface area contributed by atoms with E-state index in [1.807, 2.05) is 6.07 Å². The molecular weight excluding hydrogens is 224 g/mol. The summed E-state index contributed by atoms with van der Waals surface area (Å²) in [6, 6.07) is 10.5. The molecule has 0 aromatic heterocycles. The first kappa shape index (κ1) is 10.7. The van der Waals surface area contributed by atoms with Gasteiger partial charge < -0.3 is 4.74 Å². The molecule has 1 aromatic rings. The summed E-state index contributed by atoms with van der Waals surface area (Å²) in [6.07, 6.45) is 4.16. The smallest absolute Gasteiger partial charge is 0.142 e. The summed E-state index contributed by atoms with van der Waals surface area (Å²) in [5.41, 5.74) is 0.922. The van der Waals surface area contributed by atoms with Crippen molar-refractivity contribution in [2.24, 2.45) is 5.41 Å². The minimum Gasteiger partial charge on any atom is -0.365 e. The van der Waals surface area contributed by atoms with Crippen LogP contribution in [0.25, 0.3) is 0 Å². The van der Waals surface area contributed by atoms with E-state index >= 15 is 0 Å². The molecule has 3 aliphatic rings. The lowest BCUT2D eigenvalue weighted by Crippen LogP contribution is -2.47. The first-order chi connectivity index (χ1) is 8.68. The van der Waals surface area contributed by atoms with E-state index in [-0.39, 0.29) is 11.0 Å². The number of carbonyl (C=O) groups excluding carboxylic acids is 1. The zero-order valence-corrected chi connectivity index (χ0v) is 10.7. The van der Waals surface area contributed by atoms with Crippen LogP contribution >= 0.6 is 0 Å². The fourth-order valence-electron chi connectivity index (χ4n) is 4.50. The predicted octanol–water partition coefficient (Wildman–Crippen LogP) is 3.07. The SMILES string of the molecule is C[C@]12C(=O)CCC[C@@]13O[C@H]3C[C@@H]2c1ccccc1. The van der Waals surface area contributed by atoms with Crippen LogP contribution in [0.15, 0.2) is 30.3 Å². The molecule has 1 aromatic carbocycles.